The molecule has 0 aliphatic heterocycles. The van der Waals surface area contributed by atoms with Gasteiger partial charge in [0.05, 0.1) is 0 Å². The van der Waals surface area contributed by atoms with Crippen molar-refractivity contribution in [3.05, 3.63) is 0 Å². The van der Waals surface area contributed by atoms with Crippen LogP contribution in [0.15, 0.2) is 0 Å². The Morgan fingerprint density at radius 1 is 1.17 bits per heavy atom. The Morgan fingerprint density at radius 3 is 2.00 bits per heavy atom. The van der Waals surface area contributed by atoms with Crippen LogP contribution in [-0.2, 0) is 4.79 Å². The van der Waals surface area contributed by atoms with E-state index in [1.807, 2.05) is 0 Å². The molecule has 2 unspecified atom stereocenters. The van der Waals surface area contributed by atoms with E-state index < -0.39 is 0 Å². The van der Waals surface area contributed by atoms with Crippen molar-refractivity contribution in [2.24, 2.45) is 23.5 Å². The third-order valence-corrected chi connectivity index (χ3v) is 3.31. The number of carbonyl (C=O) groups is 1. The molecule has 0 bridgehead atoms. The molecule has 0 saturated heterocycles. The molecular formula is C14H29ClN2O. The maximum absolute atomic E-state index is 12.4. The number of rotatable bonds is 5. The largest absolute Gasteiger partial charge is 0.342 e. The van der Waals surface area contributed by atoms with E-state index in [4.69, 9.17) is 5.73 Å². The van der Waals surface area contributed by atoms with E-state index in [1.165, 1.54) is 0 Å². The van der Waals surface area contributed by atoms with Gasteiger partial charge < -0.3 is 10.6 Å². The number of carbonyl (C=O) groups excluding carboxylic acids is 1. The van der Waals surface area contributed by atoms with E-state index >= 15 is 0 Å². The highest BCUT2D eigenvalue weighted by molar-refractivity contribution is 5.85. The zero-order chi connectivity index (χ0) is 13.0. The molecule has 3 nitrogen and oxygen atoms in total. The SMILES string of the molecule is CC(C)CN(CC(C)C)C(=O)C1CCC(N)C1.Cl. The zero-order valence-electron chi connectivity index (χ0n) is 12.2. The number of nitrogens with two attached hydrogens (primary N) is 1. The second-order valence-electron chi connectivity index (χ2n) is 6.30. The lowest BCUT2D eigenvalue weighted by Gasteiger charge is -2.29. The monoisotopic (exact) mass is 276 g/mol. The van der Waals surface area contributed by atoms with Gasteiger partial charge in [0, 0.05) is 25.0 Å². The first kappa shape index (κ1) is 17.7. The fourth-order valence-electron chi connectivity index (χ4n) is 2.63. The third-order valence-electron chi connectivity index (χ3n) is 3.31. The van der Waals surface area contributed by atoms with Crippen LogP contribution in [0, 0.1) is 17.8 Å². The minimum absolute atomic E-state index is 0. The quantitative estimate of drug-likeness (QED) is 0.839. The predicted molar refractivity (Wildman–Crippen MR) is 78.8 cm³/mol. The Labute approximate surface area is 118 Å². The summed E-state index contributed by atoms with van der Waals surface area (Å²) in [6.45, 7) is 10.4. The van der Waals surface area contributed by atoms with Gasteiger partial charge >= 0.3 is 0 Å². The number of amides is 1. The van der Waals surface area contributed by atoms with Gasteiger partial charge in [-0.15, -0.1) is 12.4 Å². The summed E-state index contributed by atoms with van der Waals surface area (Å²) in [6.07, 6.45) is 2.87. The number of hydrogen-bond acceptors (Lipinski definition) is 2. The average molecular weight is 277 g/mol. The Hall–Kier alpha value is -0.280. The summed E-state index contributed by atoms with van der Waals surface area (Å²) >= 11 is 0. The number of hydrogen-bond donors (Lipinski definition) is 1. The number of nitrogens with zero attached hydrogens (tertiary/aromatic N) is 1. The van der Waals surface area contributed by atoms with Gasteiger partial charge in [-0.25, -0.2) is 0 Å². The molecule has 0 heterocycles. The fourth-order valence-corrected chi connectivity index (χ4v) is 2.63. The van der Waals surface area contributed by atoms with Crippen molar-refractivity contribution in [2.75, 3.05) is 13.1 Å². The van der Waals surface area contributed by atoms with E-state index in [-0.39, 0.29) is 24.4 Å². The van der Waals surface area contributed by atoms with Crippen LogP contribution >= 0.6 is 12.4 Å². The third kappa shape index (κ3) is 5.57. The molecule has 108 valence electrons. The van der Waals surface area contributed by atoms with Crippen LogP contribution in [0.2, 0.25) is 0 Å². The van der Waals surface area contributed by atoms with Gasteiger partial charge in [-0.05, 0) is 31.1 Å². The fraction of sp³-hybridized carbons (Fsp3) is 0.929. The maximum atomic E-state index is 12.4. The molecule has 4 heteroatoms. The minimum Gasteiger partial charge on any atom is -0.342 e. The molecule has 1 amide bonds. The van der Waals surface area contributed by atoms with Crippen LogP contribution in [0.5, 0.6) is 0 Å². The van der Waals surface area contributed by atoms with Crippen LogP contribution in [0.4, 0.5) is 0 Å². The first-order valence-electron chi connectivity index (χ1n) is 6.94. The van der Waals surface area contributed by atoms with E-state index in [0.717, 1.165) is 32.4 Å². The van der Waals surface area contributed by atoms with E-state index in [0.29, 0.717) is 17.7 Å². The number of halogens is 1. The summed E-state index contributed by atoms with van der Waals surface area (Å²) in [5, 5.41) is 0. The van der Waals surface area contributed by atoms with Crippen molar-refractivity contribution in [1.29, 1.82) is 0 Å². The second kappa shape index (κ2) is 8.00. The zero-order valence-corrected chi connectivity index (χ0v) is 13.0. The molecule has 0 aromatic heterocycles. The Morgan fingerprint density at radius 2 is 1.67 bits per heavy atom. The van der Waals surface area contributed by atoms with E-state index in [2.05, 4.69) is 32.6 Å². The topological polar surface area (TPSA) is 46.3 Å². The molecular weight excluding hydrogens is 248 g/mol. The van der Waals surface area contributed by atoms with Crippen LogP contribution in [-0.4, -0.2) is 29.9 Å². The molecule has 0 aromatic carbocycles. The lowest BCUT2D eigenvalue weighted by molar-refractivity contribution is -0.136. The summed E-state index contributed by atoms with van der Waals surface area (Å²) in [5.41, 5.74) is 5.89. The van der Waals surface area contributed by atoms with Crippen LogP contribution in [0.1, 0.15) is 47.0 Å². The highest BCUT2D eigenvalue weighted by Crippen LogP contribution is 2.26. The predicted octanol–water partition coefficient (Wildman–Crippen LogP) is 2.68. The summed E-state index contributed by atoms with van der Waals surface area (Å²) in [4.78, 5) is 14.5. The second-order valence-corrected chi connectivity index (χ2v) is 6.30. The minimum atomic E-state index is 0. The molecule has 0 aromatic rings. The van der Waals surface area contributed by atoms with Gasteiger partial charge in [0.1, 0.15) is 0 Å². The van der Waals surface area contributed by atoms with Gasteiger partial charge in [-0.1, -0.05) is 27.7 Å². The molecule has 1 fully saturated rings. The van der Waals surface area contributed by atoms with Crippen molar-refractivity contribution in [2.45, 2.75) is 53.0 Å². The summed E-state index contributed by atoms with van der Waals surface area (Å²) < 4.78 is 0. The molecule has 18 heavy (non-hydrogen) atoms. The normalized spacial score (nSPS) is 23.3. The average Bonchev–Trinajstić information content (AvgIpc) is 2.61. The summed E-state index contributed by atoms with van der Waals surface area (Å²) in [7, 11) is 0. The van der Waals surface area contributed by atoms with Crippen molar-refractivity contribution in [3.8, 4) is 0 Å². The molecule has 2 atom stereocenters. The first-order chi connectivity index (χ1) is 7.90. The van der Waals surface area contributed by atoms with Crippen LogP contribution < -0.4 is 5.73 Å². The molecule has 1 aliphatic carbocycles. The maximum Gasteiger partial charge on any atom is 0.225 e. The lowest BCUT2D eigenvalue weighted by Crippen LogP contribution is -2.40. The van der Waals surface area contributed by atoms with Gasteiger partial charge in [0.25, 0.3) is 0 Å². The van der Waals surface area contributed by atoms with Crippen LogP contribution in [0.3, 0.4) is 0 Å². The highest BCUT2D eigenvalue weighted by atomic mass is 35.5. The van der Waals surface area contributed by atoms with Gasteiger partial charge in [0.15, 0.2) is 0 Å². The van der Waals surface area contributed by atoms with Crippen molar-refractivity contribution in [3.63, 3.8) is 0 Å². The summed E-state index contributed by atoms with van der Waals surface area (Å²) in [5.74, 6) is 1.59. The van der Waals surface area contributed by atoms with Crippen LogP contribution in [0.25, 0.3) is 0 Å². The molecule has 0 radical (unpaired) electrons. The van der Waals surface area contributed by atoms with E-state index in [9.17, 15) is 4.79 Å². The Bertz CT molecular complexity index is 246. The molecule has 1 rings (SSSR count). The Balaban J connectivity index is 0.00000289. The summed E-state index contributed by atoms with van der Waals surface area (Å²) in [6, 6.07) is 0.240. The van der Waals surface area contributed by atoms with Gasteiger partial charge in [-0.3, -0.25) is 4.79 Å². The lowest BCUT2D eigenvalue weighted by atomic mass is 10.0. The van der Waals surface area contributed by atoms with Gasteiger partial charge in [-0.2, -0.15) is 0 Å². The van der Waals surface area contributed by atoms with Gasteiger partial charge in [0.2, 0.25) is 5.91 Å². The van der Waals surface area contributed by atoms with Crippen molar-refractivity contribution >= 4 is 18.3 Å². The van der Waals surface area contributed by atoms with E-state index in [1.54, 1.807) is 0 Å². The Kier molecular flexibility index (Phi) is 7.88. The standard InChI is InChI=1S/C14H28N2O.ClH/c1-10(2)8-16(9-11(3)4)14(17)12-5-6-13(15)7-12;/h10-13H,5-9,15H2,1-4H3;1H. The van der Waals surface area contributed by atoms with Crippen molar-refractivity contribution in [1.82, 2.24) is 4.90 Å². The highest BCUT2D eigenvalue weighted by Gasteiger charge is 2.31. The molecule has 0 spiro atoms. The first-order valence-corrected chi connectivity index (χ1v) is 6.94. The smallest absolute Gasteiger partial charge is 0.225 e. The van der Waals surface area contributed by atoms with Crippen molar-refractivity contribution < 1.29 is 4.79 Å². The molecule has 1 aliphatic rings. The molecule has 1 saturated carbocycles. The molecule has 2 N–H and O–H groups in total.